The summed E-state index contributed by atoms with van der Waals surface area (Å²) in [4.78, 5) is 8.79. The van der Waals surface area contributed by atoms with Gasteiger partial charge in [0.1, 0.15) is 5.82 Å². The second-order valence-electron chi connectivity index (χ2n) is 4.55. The molecular formula is C13H21N3. The van der Waals surface area contributed by atoms with Crippen molar-refractivity contribution in [3.8, 4) is 0 Å². The highest BCUT2D eigenvalue weighted by molar-refractivity contribution is 5.04. The molecule has 0 aromatic carbocycles. The topological polar surface area (TPSA) is 37.8 Å². The van der Waals surface area contributed by atoms with Crippen LogP contribution >= 0.6 is 0 Å². The number of aromatic nitrogens is 2. The van der Waals surface area contributed by atoms with Gasteiger partial charge in [-0.3, -0.25) is 0 Å². The van der Waals surface area contributed by atoms with Crippen molar-refractivity contribution < 1.29 is 0 Å². The first-order valence-corrected chi connectivity index (χ1v) is 6.41. The van der Waals surface area contributed by atoms with Crippen LogP contribution in [0.3, 0.4) is 0 Å². The van der Waals surface area contributed by atoms with E-state index in [0.717, 1.165) is 18.7 Å². The van der Waals surface area contributed by atoms with Crippen LogP contribution in [0.1, 0.15) is 44.0 Å². The Morgan fingerprint density at radius 3 is 2.75 bits per heavy atom. The number of nitrogens with one attached hydrogen (secondary N) is 1. The van der Waals surface area contributed by atoms with E-state index in [4.69, 9.17) is 0 Å². The lowest BCUT2D eigenvalue weighted by atomic mass is 10.0. The van der Waals surface area contributed by atoms with E-state index >= 15 is 0 Å². The van der Waals surface area contributed by atoms with E-state index in [2.05, 4.69) is 22.2 Å². The Morgan fingerprint density at radius 2 is 2.12 bits per heavy atom. The van der Waals surface area contributed by atoms with Gasteiger partial charge in [-0.05, 0) is 37.8 Å². The lowest BCUT2D eigenvalue weighted by Crippen LogP contribution is -2.34. The van der Waals surface area contributed by atoms with E-state index < -0.39 is 0 Å². The molecule has 1 aliphatic rings. The van der Waals surface area contributed by atoms with Crippen molar-refractivity contribution in [2.45, 2.75) is 51.5 Å². The fourth-order valence-electron chi connectivity index (χ4n) is 2.17. The molecule has 1 aromatic heterocycles. The summed E-state index contributed by atoms with van der Waals surface area (Å²) in [6, 6.07) is 0.684. The predicted molar refractivity (Wildman–Crippen MR) is 65.4 cm³/mol. The van der Waals surface area contributed by atoms with Crippen molar-refractivity contribution in [3.63, 3.8) is 0 Å². The Morgan fingerprint density at radius 1 is 1.31 bits per heavy atom. The molecule has 3 heteroatoms. The molecule has 1 N–H and O–H groups in total. The van der Waals surface area contributed by atoms with E-state index in [1.807, 2.05) is 12.4 Å². The Bertz CT molecular complexity index is 301. The van der Waals surface area contributed by atoms with Crippen LogP contribution in [0.5, 0.6) is 0 Å². The molecule has 0 amide bonds. The maximum Gasteiger partial charge on any atom is 0.128 e. The van der Waals surface area contributed by atoms with E-state index in [1.54, 1.807) is 0 Å². The Labute approximate surface area is 97.7 Å². The first kappa shape index (κ1) is 11.5. The molecule has 1 aromatic rings. The van der Waals surface area contributed by atoms with Crippen LogP contribution in [0, 0.1) is 0 Å². The Kier molecular flexibility index (Phi) is 4.28. The SMILES string of the molecule is CCc1cnc(CCC2CCCCN2)nc1. The van der Waals surface area contributed by atoms with E-state index in [9.17, 15) is 0 Å². The van der Waals surface area contributed by atoms with Crippen molar-refractivity contribution in [2.24, 2.45) is 0 Å². The zero-order valence-corrected chi connectivity index (χ0v) is 10.1. The van der Waals surface area contributed by atoms with E-state index in [0.29, 0.717) is 6.04 Å². The third kappa shape index (κ3) is 3.27. The zero-order valence-electron chi connectivity index (χ0n) is 10.1. The van der Waals surface area contributed by atoms with Crippen LogP contribution < -0.4 is 5.32 Å². The molecule has 2 rings (SSSR count). The van der Waals surface area contributed by atoms with Gasteiger partial charge in [0.25, 0.3) is 0 Å². The molecule has 1 unspecified atom stereocenters. The fraction of sp³-hybridized carbons (Fsp3) is 0.692. The molecule has 0 bridgehead atoms. The van der Waals surface area contributed by atoms with Crippen LogP contribution in [0.2, 0.25) is 0 Å². The fourth-order valence-corrected chi connectivity index (χ4v) is 2.17. The standard InChI is InChI=1S/C13H21N3/c1-2-11-9-15-13(16-10-11)7-6-12-5-3-4-8-14-12/h9-10,12,14H,2-8H2,1H3. The van der Waals surface area contributed by atoms with Crippen molar-refractivity contribution in [2.75, 3.05) is 6.54 Å². The average Bonchev–Trinajstić information content (AvgIpc) is 2.38. The summed E-state index contributed by atoms with van der Waals surface area (Å²) in [7, 11) is 0. The summed E-state index contributed by atoms with van der Waals surface area (Å²) in [5.74, 6) is 0.990. The van der Waals surface area contributed by atoms with Crippen LogP contribution in [0.25, 0.3) is 0 Å². The first-order chi connectivity index (χ1) is 7.88. The zero-order chi connectivity index (χ0) is 11.2. The monoisotopic (exact) mass is 219 g/mol. The molecule has 1 aliphatic heterocycles. The van der Waals surface area contributed by atoms with Crippen molar-refractivity contribution in [1.82, 2.24) is 15.3 Å². The van der Waals surface area contributed by atoms with Crippen molar-refractivity contribution in [1.29, 1.82) is 0 Å². The lowest BCUT2D eigenvalue weighted by molar-refractivity contribution is 0.380. The maximum absolute atomic E-state index is 4.40. The van der Waals surface area contributed by atoms with Crippen LogP contribution in [0.15, 0.2) is 12.4 Å². The second kappa shape index (κ2) is 5.94. The largest absolute Gasteiger partial charge is 0.314 e. The number of piperidine rings is 1. The molecule has 88 valence electrons. The van der Waals surface area contributed by atoms with Gasteiger partial charge in [-0.1, -0.05) is 13.3 Å². The van der Waals surface area contributed by atoms with Crippen molar-refractivity contribution >= 4 is 0 Å². The molecule has 0 spiro atoms. The summed E-state index contributed by atoms with van der Waals surface area (Å²) in [5, 5.41) is 3.56. The van der Waals surface area contributed by atoms with E-state index in [1.165, 1.54) is 37.8 Å². The molecule has 1 fully saturated rings. The van der Waals surface area contributed by atoms with Gasteiger partial charge in [-0.25, -0.2) is 9.97 Å². The van der Waals surface area contributed by atoms with Crippen LogP contribution in [0.4, 0.5) is 0 Å². The van der Waals surface area contributed by atoms with Gasteiger partial charge in [-0.2, -0.15) is 0 Å². The third-order valence-electron chi connectivity index (χ3n) is 3.30. The minimum atomic E-state index is 0.684. The number of nitrogens with zero attached hydrogens (tertiary/aromatic N) is 2. The molecule has 0 radical (unpaired) electrons. The van der Waals surface area contributed by atoms with Crippen molar-refractivity contribution in [3.05, 3.63) is 23.8 Å². The minimum Gasteiger partial charge on any atom is -0.314 e. The van der Waals surface area contributed by atoms with Gasteiger partial charge >= 0.3 is 0 Å². The van der Waals surface area contributed by atoms with Gasteiger partial charge in [0.15, 0.2) is 0 Å². The van der Waals surface area contributed by atoms with Crippen LogP contribution in [-0.4, -0.2) is 22.6 Å². The summed E-state index contributed by atoms with van der Waals surface area (Å²) < 4.78 is 0. The molecule has 3 nitrogen and oxygen atoms in total. The van der Waals surface area contributed by atoms with Gasteiger partial charge in [0.05, 0.1) is 0 Å². The molecule has 1 atom stereocenters. The average molecular weight is 219 g/mol. The van der Waals surface area contributed by atoms with Gasteiger partial charge in [-0.15, -0.1) is 0 Å². The number of aryl methyl sites for hydroxylation is 2. The molecule has 0 aliphatic carbocycles. The number of hydrogen-bond donors (Lipinski definition) is 1. The third-order valence-corrected chi connectivity index (χ3v) is 3.30. The number of rotatable bonds is 4. The highest BCUT2D eigenvalue weighted by Gasteiger charge is 2.12. The van der Waals surface area contributed by atoms with Gasteiger partial charge in [0, 0.05) is 24.9 Å². The Balaban J connectivity index is 1.79. The van der Waals surface area contributed by atoms with Crippen LogP contribution in [-0.2, 0) is 12.8 Å². The molecular weight excluding hydrogens is 198 g/mol. The summed E-state index contributed by atoms with van der Waals surface area (Å²) in [6.07, 6.45) is 11.1. The quantitative estimate of drug-likeness (QED) is 0.843. The summed E-state index contributed by atoms with van der Waals surface area (Å²) >= 11 is 0. The number of hydrogen-bond acceptors (Lipinski definition) is 3. The normalized spacial score (nSPS) is 20.9. The molecule has 16 heavy (non-hydrogen) atoms. The van der Waals surface area contributed by atoms with Gasteiger partial charge < -0.3 is 5.32 Å². The molecule has 0 saturated carbocycles. The maximum atomic E-state index is 4.40. The van der Waals surface area contributed by atoms with Gasteiger partial charge in [0.2, 0.25) is 0 Å². The predicted octanol–water partition coefficient (Wildman–Crippen LogP) is 2.11. The Hall–Kier alpha value is -0.960. The second-order valence-corrected chi connectivity index (χ2v) is 4.55. The summed E-state index contributed by atoms with van der Waals surface area (Å²) in [6.45, 7) is 3.31. The minimum absolute atomic E-state index is 0.684. The molecule has 1 saturated heterocycles. The smallest absolute Gasteiger partial charge is 0.128 e. The molecule has 2 heterocycles. The highest BCUT2D eigenvalue weighted by Crippen LogP contribution is 2.11. The van der Waals surface area contributed by atoms with E-state index in [-0.39, 0.29) is 0 Å². The summed E-state index contributed by atoms with van der Waals surface area (Å²) in [5.41, 5.74) is 1.22. The highest BCUT2D eigenvalue weighted by atomic mass is 14.9. The first-order valence-electron chi connectivity index (χ1n) is 6.41. The lowest BCUT2D eigenvalue weighted by Gasteiger charge is -2.22.